The summed E-state index contributed by atoms with van der Waals surface area (Å²) < 4.78 is 4.58. The fourth-order valence-corrected chi connectivity index (χ4v) is 0.552. The van der Waals surface area contributed by atoms with Gasteiger partial charge in [0.05, 0.1) is 6.73 Å². The van der Waals surface area contributed by atoms with E-state index in [0.29, 0.717) is 6.73 Å². The van der Waals surface area contributed by atoms with E-state index < -0.39 is 0 Å². The molecule has 0 saturated heterocycles. The summed E-state index contributed by atoms with van der Waals surface area (Å²) in [5, 5.41) is 2.80. The Hall–Kier alpha value is -0.160. The van der Waals surface area contributed by atoms with Crippen molar-refractivity contribution in [2.75, 3.05) is 48.1 Å². The Morgan fingerprint density at radius 2 is 2.00 bits per heavy atom. The molecule has 0 rings (SSSR count). The molecule has 0 saturated carbocycles. The van der Waals surface area contributed by atoms with Gasteiger partial charge in [0.15, 0.2) is 0 Å². The summed E-state index contributed by atoms with van der Waals surface area (Å²) in [7, 11) is 7.59. The van der Waals surface area contributed by atoms with Crippen LogP contribution in [0.4, 0.5) is 0 Å². The van der Waals surface area contributed by atoms with Crippen LogP contribution in [-0.4, -0.2) is 53.0 Å². The van der Waals surface area contributed by atoms with Crippen molar-refractivity contribution in [2.24, 2.45) is 5.73 Å². The van der Waals surface area contributed by atoms with Crippen LogP contribution in [0.2, 0.25) is 0 Å². The lowest BCUT2D eigenvalue weighted by atomic mass is 10.4. The average molecular weight is 177 g/mol. The Labute approximate surface area is 76.1 Å². The van der Waals surface area contributed by atoms with Gasteiger partial charge < -0.3 is 15.4 Å². The molecule has 4 nitrogen and oxygen atoms in total. The maximum Gasteiger partial charge on any atom is 0.0958 e. The lowest BCUT2D eigenvalue weighted by Gasteiger charge is -2.05. The second-order valence-corrected chi connectivity index (χ2v) is 2.73. The summed E-state index contributed by atoms with van der Waals surface area (Å²) in [6.07, 6.45) is 1.10. The molecule has 0 spiro atoms. The third kappa shape index (κ3) is 22.5. The molecule has 0 aliphatic rings. The minimum atomic E-state index is 0.639. The Kier molecular flexibility index (Phi) is 16.1. The Morgan fingerprint density at radius 1 is 1.42 bits per heavy atom. The van der Waals surface area contributed by atoms with Crippen molar-refractivity contribution in [3.05, 3.63) is 0 Å². The van der Waals surface area contributed by atoms with Crippen LogP contribution < -0.4 is 11.1 Å². The SMILES string of the molecule is CN(C)CCCN.CNCOC. The van der Waals surface area contributed by atoms with Crippen molar-refractivity contribution in [3.63, 3.8) is 0 Å². The van der Waals surface area contributed by atoms with Gasteiger partial charge >= 0.3 is 0 Å². The van der Waals surface area contributed by atoms with Crippen LogP contribution in [0.3, 0.4) is 0 Å². The van der Waals surface area contributed by atoms with Gasteiger partial charge in [-0.2, -0.15) is 0 Å². The van der Waals surface area contributed by atoms with Gasteiger partial charge in [0.2, 0.25) is 0 Å². The molecule has 0 aromatic heterocycles. The molecule has 0 unspecified atom stereocenters. The third-order valence-electron chi connectivity index (χ3n) is 1.10. The zero-order valence-corrected chi connectivity index (χ0v) is 8.76. The van der Waals surface area contributed by atoms with Crippen LogP contribution >= 0.6 is 0 Å². The molecule has 0 atom stereocenters. The van der Waals surface area contributed by atoms with Crippen molar-refractivity contribution < 1.29 is 4.74 Å². The van der Waals surface area contributed by atoms with E-state index in [1.807, 2.05) is 7.05 Å². The molecule has 76 valence electrons. The minimum absolute atomic E-state index is 0.639. The number of ether oxygens (including phenoxy) is 1. The smallest absolute Gasteiger partial charge is 0.0958 e. The minimum Gasteiger partial charge on any atom is -0.370 e. The number of hydrogen-bond acceptors (Lipinski definition) is 4. The summed E-state index contributed by atoms with van der Waals surface area (Å²) in [4.78, 5) is 2.13. The first-order chi connectivity index (χ1) is 5.68. The van der Waals surface area contributed by atoms with Crippen molar-refractivity contribution in [3.8, 4) is 0 Å². The van der Waals surface area contributed by atoms with Crippen LogP contribution in [0, 0.1) is 0 Å². The highest BCUT2D eigenvalue weighted by atomic mass is 16.5. The normalized spacial score (nSPS) is 9.50. The lowest BCUT2D eigenvalue weighted by Crippen LogP contribution is -2.16. The Morgan fingerprint density at radius 3 is 2.08 bits per heavy atom. The highest BCUT2D eigenvalue weighted by Crippen LogP contribution is 1.76. The first-order valence-electron chi connectivity index (χ1n) is 4.17. The average Bonchev–Trinajstić information content (AvgIpc) is 2.03. The molecule has 0 heterocycles. The Balaban J connectivity index is 0. The van der Waals surface area contributed by atoms with Crippen LogP contribution in [0.1, 0.15) is 6.42 Å². The number of rotatable bonds is 5. The van der Waals surface area contributed by atoms with Crippen LogP contribution in [-0.2, 0) is 4.74 Å². The van der Waals surface area contributed by atoms with E-state index >= 15 is 0 Å². The quantitative estimate of drug-likeness (QED) is 0.566. The third-order valence-corrected chi connectivity index (χ3v) is 1.10. The van der Waals surface area contributed by atoms with E-state index in [1.54, 1.807) is 7.11 Å². The lowest BCUT2D eigenvalue weighted by molar-refractivity contribution is 0.183. The summed E-state index contributed by atoms with van der Waals surface area (Å²) in [5.74, 6) is 0. The number of nitrogens with one attached hydrogen (secondary N) is 1. The van der Waals surface area contributed by atoms with Crippen LogP contribution in [0.25, 0.3) is 0 Å². The standard InChI is InChI=1S/C5H14N2.C3H9NO/c1-7(2)5-3-4-6;1-4-3-5-2/h3-6H2,1-2H3;4H,3H2,1-2H3. The van der Waals surface area contributed by atoms with Gasteiger partial charge in [0.1, 0.15) is 0 Å². The maximum absolute atomic E-state index is 5.25. The molecule has 0 aromatic rings. The zero-order chi connectivity index (χ0) is 9.82. The summed E-state index contributed by atoms with van der Waals surface area (Å²) in [5.41, 5.74) is 5.25. The second kappa shape index (κ2) is 13.4. The zero-order valence-electron chi connectivity index (χ0n) is 8.76. The van der Waals surface area contributed by atoms with Crippen molar-refractivity contribution in [1.82, 2.24) is 10.2 Å². The van der Waals surface area contributed by atoms with E-state index in [-0.39, 0.29) is 0 Å². The summed E-state index contributed by atoms with van der Waals surface area (Å²) in [6.45, 7) is 2.55. The fraction of sp³-hybridized carbons (Fsp3) is 1.00. The molecule has 4 heteroatoms. The Bertz CT molecular complexity index is 67.3. The van der Waals surface area contributed by atoms with Gasteiger partial charge in [-0.05, 0) is 40.7 Å². The van der Waals surface area contributed by atoms with Gasteiger partial charge in [-0.15, -0.1) is 0 Å². The topological polar surface area (TPSA) is 50.5 Å². The highest BCUT2D eigenvalue weighted by molar-refractivity contribution is 4.42. The van der Waals surface area contributed by atoms with Crippen LogP contribution in [0.5, 0.6) is 0 Å². The largest absolute Gasteiger partial charge is 0.370 e. The number of nitrogens with zero attached hydrogens (tertiary/aromatic N) is 1. The molecule has 0 fully saturated rings. The van der Waals surface area contributed by atoms with Crippen molar-refractivity contribution in [1.29, 1.82) is 0 Å². The summed E-state index contributed by atoms with van der Waals surface area (Å²) >= 11 is 0. The van der Waals surface area contributed by atoms with Gasteiger partial charge in [-0.3, -0.25) is 5.32 Å². The van der Waals surface area contributed by atoms with E-state index in [1.165, 1.54) is 0 Å². The van der Waals surface area contributed by atoms with Gasteiger partial charge in [0, 0.05) is 7.11 Å². The number of methoxy groups -OCH3 is 1. The maximum atomic E-state index is 5.25. The number of hydrogen-bond donors (Lipinski definition) is 2. The fourth-order valence-electron chi connectivity index (χ4n) is 0.552. The van der Waals surface area contributed by atoms with Gasteiger partial charge in [-0.1, -0.05) is 0 Å². The van der Waals surface area contributed by atoms with Gasteiger partial charge in [-0.25, -0.2) is 0 Å². The molecule has 0 amide bonds. The van der Waals surface area contributed by atoms with Gasteiger partial charge in [0.25, 0.3) is 0 Å². The molecule has 0 radical (unpaired) electrons. The molecular formula is C8H23N3O. The van der Waals surface area contributed by atoms with E-state index in [9.17, 15) is 0 Å². The van der Waals surface area contributed by atoms with E-state index in [2.05, 4.69) is 29.0 Å². The van der Waals surface area contributed by atoms with E-state index in [4.69, 9.17) is 5.73 Å². The second-order valence-electron chi connectivity index (χ2n) is 2.73. The molecule has 0 bridgehead atoms. The monoisotopic (exact) mass is 177 g/mol. The molecule has 0 aromatic carbocycles. The number of nitrogens with two attached hydrogens (primary N) is 1. The molecule has 0 aliphatic carbocycles. The molecule has 3 N–H and O–H groups in total. The first-order valence-corrected chi connectivity index (χ1v) is 4.17. The molecule has 0 aliphatic heterocycles. The predicted octanol–water partition coefficient (Wildman–Crippen LogP) is -0.293. The first kappa shape index (κ1) is 14.4. The van der Waals surface area contributed by atoms with E-state index in [0.717, 1.165) is 19.5 Å². The predicted molar refractivity (Wildman–Crippen MR) is 53.2 cm³/mol. The van der Waals surface area contributed by atoms with Crippen molar-refractivity contribution in [2.45, 2.75) is 6.42 Å². The highest BCUT2D eigenvalue weighted by Gasteiger charge is 1.83. The molecule has 12 heavy (non-hydrogen) atoms. The van der Waals surface area contributed by atoms with Crippen molar-refractivity contribution >= 4 is 0 Å². The molecular weight excluding hydrogens is 154 g/mol. The summed E-state index contributed by atoms with van der Waals surface area (Å²) in [6, 6.07) is 0. The van der Waals surface area contributed by atoms with Crippen LogP contribution in [0.15, 0.2) is 0 Å².